The summed E-state index contributed by atoms with van der Waals surface area (Å²) in [5.41, 5.74) is 4.05. The van der Waals surface area contributed by atoms with E-state index in [0.29, 0.717) is 25.6 Å². The second-order valence-electron chi connectivity index (χ2n) is 7.28. The summed E-state index contributed by atoms with van der Waals surface area (Å²) >= 11 is 0. The zero-order valence-electron chi connectivity index (χ0n) is 15.3. The van der Waals surface area contributed by atoms with Gasteiger partial charge in [0.2, 0.25) is 15.9 Å². The molecule has 2 heterocycles. The molecule has 0 aromatic heterocycles. The van der Waals surface area contributed by atoms with Crippen molar-refractivity contribution < 1.29 is 13.2 Å². The van der Waals surface area contributed by atoms with Crippen LogP contribution in [0.1, 0.15) is 24.5 Å². The summed E-state index contributed by atoms with van der Waals surface area (Å²) in [7, 11) is -3.74. The van der Waals surface area contributed by atoms with Gasteiger partial charge in [-0.25, -0.2) is 13.6 Å². The van der Waals surface area contributed by atoms with E-state index in [2.05, 4.69) is 24.0 Å². The van der Waals surface area contributed by atoms with Crippen molar-refractivity contribution in [2.75, 3.05) is 22.9 Å². The monoisotopic (exact) mass is 385 g/mol. The van der Waals surface area contributed by atoms with Crippen molar-refractivity contribution in [3.63, 3.8) is 0 Å². The maximum atomic E-state index is 13.1. The third-order valence-corrected chi connectivity index (χ3v) is 6.46. The summed E-state index contributed by atoms with van der Waals surface area (Å²) in [5.74, 6) is 0.0284. The fourth-order valence-corrected chi connectivity index (χ4v) is 4.61. The fourth-order valence-electron chi connectivity index (χ4n) is 4.05. The molecule has 2 N–H and O–H groups in total. The van der Waals surface area contributed by atoms with E-state index in [1.54, 1.807) is 17.0 Å². The van der Waals surface area contributed by atoms with Crippen molar-refractivity contribution in [3.8, 4) is 0 Å². The van der Waals surface area contributed by atoms with Gasteiger partial charge in [0.05, 0.1) is 11.4 Å². The van der Waals surface area contributed by atoms with Gasteiger partial charge in [-0.2, -0.15) is 0 Å². The minimum Gasteiger partial charge on any atom is -0.359 e. The lowest BCUT2D eigenvalue weighted by Crippen LogP contribution is -2.45. The van der Waals surface area contributed by atoms with Crippen molar-refractivity contribution in [3.05, 3.63) is 53.6 Å². The molecule has 0 radical (unpaired) electrons. The standard InChI is InChI=1S/C20H23N3O3S/c1-14-6-7-15-4-2-3-5-18(15)23(14)13-20(24)22-11-10-16-12-17(27(21,25)26)8-9-19(16)22/h2-5,8-9,12,14H,6-7,10-11,13H2,1H3,(H2,21,25,26). The van der Waals surface area contributed by atoms with Crippen LogP contribution in [-0.2, 0) is 27.7 Å². The molecule has 0 fully saturated rings. The molecule has 2 aliphatic heterocycles. The highest BCUT2D eigenvalue weighted by Crippen LogP contribution is 2.33. The lowest BCUT2D eigenvalue weighted by molar-refractivity contribution is -0.117. The van der Waals surface area contributed by atoms with E-state index in [1.165, 1.54) is 11.6 Å². The number of anilines is 2. The number of carbonyl (C=O) groups excluding carboxylic acids is 1. The van der Waals surface area contributed by atoms with Crippen molar-refractivity contribution in [1.29, 1.82) is 0 Å². The van der Waals surface area contributed by atoms with Crippen LogP contribution in [0.5, 0.6) is 0 Å². The number of nitrogens with two attached hydrogens (primary N) is 1. The number of carbonyl (C=O) groups is 1. The Hall–Kier alpha value is -2.38. The zero-order chi connectivity index (χ0) is 19.2. The molecule has 2 aromatic rings. The molecule has 7 heteroatoms. The van der Waals surface area contributed by atoms with Gasteiger partial charge in [-0.15, -0.1) is 0 Å². The van der Waals surface area contributed by atoms with Crippen LogP contribution in [0.4, 0.5) is 11.4 Å². The molecule has 0 saturated heterocycles. The summed E-state index contributed by atoms with van der Waals surface area (Å²) in [4.78, 5) is 17.1. The second kappa shape index (κ2) is 6.65. The molecule has 2 aromatic carbocycles. The highest BCUT2D eigenvalue weighted by Gasteiger charge is 2.30. The number of benzene rings is 2. The maximum absolute atomic E-state index is 13.1. The summed E-state index contributed by atoms with van der Waals surface area (Å²) in [6.07, 6.45) is 2.69. The Bertz CT molecular complexity index is 1000. The van der Waals surface area contributed by atoms with Crippen LogP contribution in [0.25, 0.3) is 0 Å². The summed E-state index contributed by atoms with van der Waals surface area (Å²) < 4.78 is 23.1. The quantitative estimate of drug-likeness (QED) is 0.877. The molecule has 6 nitrogen and oxygen atoms in total. The first-order valence-electron chi connectivity index (χ1n) is 9.15. The van der Waals surface area contributed by atoms with E-state index < -0.39 is 10.0 Å². The van der Waals surface area contributed by atoms with Gasteiger partial charge in [-0.1, -0.05) is 18.2 Å². The van der Waals surface area contributed by atoms with Gasteiger partial charge >= 0.3 is 0 Å². The number of rotatable bonds is 3. The molecule has 1 atom stereocenters. The Balaban J connectivity index is 1.58. The molecule has 0 bridgehead atoms. The minimum atomic E-state index is -3.74. The van der Waals surface area contributed by atoms with Gasteiger partial charge in [-0.05, 0) is 61.6 Å². The third kappa shape index (κ3) is 3.33. The smallest absolute Gasteiger partial charge is 0.246 e. The molecule has 0 spiro atoms. The average molecular weight is 385 g/mol. The highest BCUT2D eigenvalue weighted by atomic mass is 32.2. The van der Waals surface area contributed by atoms with Crippen LogP contribution in [0.15, 0.2) is 47.4 Å². The SMILES string of the molecule is CC1CCc2ccccc2N1CC(=O)N1CCc2cc(S(N)(=O)=O)ccc21. The van der Waals surface area contributed by atoms with Gasteiger partial charge in [-0.3, -0.25) is 4.79 Å². The zero-order valence-corrected chi connectivity index (χ0v) is 16.1. The number of primary sulfonamides is 1. The van der Waals surface area contributed by atoms with Gasteiger partial charge in [0.1, 0.15) is 0 Å². The number of para-hydroxylation sites is 1. The van der Waals surface area contributed by atoms with Crippen molar-refractivity contribution >= 4 is 27.3 Å². The molecule has 27 heavy (non-hydrogen) atoms. The average Bonchev–Trinajstić information content (AvgIpc) is 3.06. The lowest BCUT2D eigenvalue weighted by Gasteiger charge is -2.37. The predicted molar refractivity (Wildman–Crippen MR) is 105 cm³/mol. The first-order chi connectivity index (χ1) is 12.8. The molecule has 0 saturated carbocycles. The van der Waals surface area contributed by atoms with Crippen LogP contribution in [0, 0.1) is 0 Å². The van der Waals surface area contributed by atoms with Gasteiger partial charge in [0.25, 0.3) is 0 Å². The van der Waals surface area contributed by atoms with Crippen molar-refractivity contribution in [2.45, 2.75) is 37.1 Å². The fraction of sp³-hybridized carbons (Fsp3) is 0.350. The largest absolute Gasteiger partial charge is 0.359 e. The van der Waals surface area contributed by atoms with E-state index in [-0.39, 0.29) is 10.8 Å². The molecular formula is C20H23N3O3S. The normalized spacial score (nSPS) is 19.0. The Morgan fingerprint density at radius 1 is 1.11 bits per heavy atom. The number of hydrogen-bond acceptors (Lipinski definition) is 4. The van der Waals surface area contributed by atoms with Crippen LogP contribution in [0.2, 0.25) is 0 Å². The van der Waals surface area contributed by atoms with Crippen molar-refractivity contribution in [2.24, 2.45) is 5.14 Å². The number of amides is 1. The summed E-state index contributed by atoms with van der Waals surface area (Å²) in [6.45, 7) is 3.03. The molecule has 0 aliphatic carbocycles. The van der Waals surface area contributed by atoms with Crippen molar-refractivity contribution in [1.82, 2.24) is 0 Å². The predicted octanol–water partition coefficient (Wildman–Crippen LogP) is 2.06. The number of aryl methyl sites for hydroxylation is 1. The number of nitrogens with zero attached hydrogens (tertiary/aromatic N) is 2. The minimum absolute atomic E-state index is 0.0284. The van der Waals surface area contributed by atoms with Crippen LogP contribution < -0.4 is 14.9 Å². The Morgan fingerprint density at radius 3 is 2.67 bits per heavy atom. The first kappa shape index (κ1) is 18.0. The van der Waals surface area contributed by atoms with Crippen LogP contribution in [-0.4, -0.2) is 33.5 Å². The van der Waals surface area contributed by atoms with E-state index in [4.69, 9.17) is 5.14 Å². The summed E-state index contributed by atoms with van der Waals surface area (Å²) in [5, 5.41) is 5.21. The van der Waals surface area contributed by atoms with Gasteiger partial charge < -0.3 is 9.80 Å². The second-order valence-corrected chi connectivity index (χ2v) is 8.84. The molecule has 4 rings (SSSR count). The van der Waals surface area contributed by atoms with E-state index in [0.717, 1.165) is 29.8 Å². The number of sulfonamides is 1. The van der Waals surface area contributed by atoms with E-state index in [9.17, 15) is 13.2 Å². The van der Waals surface area contributed by atoms with Gasteiger partial charge in [0, 0.05) is 24.0 Å². The van der Waals surface area contributed by atoms with Crippen LogP contribution >= 0.6 is 0 Å². The first-order valence-corrected chi connectivity index (χ1v) is 10.7. The molecule has 1 unspecified atom stereocenters. The molecule has 2 aliphatic rings. The maximum Gasteiger partial charge on any atom is 0.246 e. The van der Waals surface area contributed by atoms with Crippen LogP contribution in [0.3, 0.4) is 0 Å². The highest BCUT2D eigenvalue weighted by molar-refractivity contribution is 7.89. The summed E-state index contributed by atoms with van der Waals surface area (Å²) in [6, 6.07) is 13.3. The third-order valence-electron chi connectivity index (χ3n) is 5.55. The molecule has 1 amide bonds. The Kier molecular flexibility index (Phi) is 4.44. The molecular weight excluding hydrogens is 362 g/mol. The number of hydrogen-bond donors (Lipinski definition) is 1. The Morgan fingerprint density at radius 2 is 1.89 bits per heavy atom. The lowest BCUT2D eigenvalue weighted by atomic mass is 9.96. The van der Waals surface area contributed by atoms with E-state index in [1.807, 2.05) is 12.1 Å². The van der Waals surface area contributed by atoms with E-state index >= 15 is 0 Å². The van der Waals surface area contributed by atoms with Gasteiger partial charge in [0.15, 0.2) is 0 Å². The topological polar surface area (TPSA) is 83.7 Å². The molecule has 142 valence electrons. The Labute approximate surface area is 159 Å². The number of fused-ring (bicyclic) bond motifs is 2.